The third kappa shape index (κ3) is 3.46. The van der Waals surface area contributed by atoms with Gasteiger partial charge in [0.2, 0.25) is 6.10 Å². The molecule has 0 unspecified atom stereocenters. The quantitative estimate of drug-likeness (QED) is 0.846. The largest absolute Gasteiger partial charge is 0.506 e. The topological polar surface area (TPSA) is 70.9 Å². The molecule has 0 aromatic heterocycles. The molecule has 0 aliphatic carbocycles. The Bertz CT molecular complexity index is 772. The number of anilines is 1. The van der Waals surface area contributed by atoms with Crippen molar-refractivity contribution in [2.24, 2.45) is 5.16 Å². The average molecular weight is 331 g/mol. The van der Waals surface area contributed by atoms with Crippen molar-refractivity contribution in [3.05, 3.63) is 58.6 Å². The van der Waals surface area contributed by atoms with Gasteiger partial charge in [-0.1, -0.05) is 35.0 Å². The third-order valence-corrected chi connectivity index (χ3v) is 3.80. The average Bonchev–Trinajstić information content (AvgIpc) is 3.02. The van der Waals surface area contributed by atoms with E-state index in [0.717, 1.165) is 11.1 Å². The Hall–Kier alpha value is -2.53. The normalized spacial score (nSPS) is 16.6. The van der Waals surface area contributed by atoms with Gasteiger partial charge < -0.3 is 15.3 Å². The number of hydrogen-bond donors (Lipinski definition) is 2. The molecule has 0 fully saturated rings. The van der Waals surface area contributed by atoms with Crippen LogP contribution in [0.1, 0.15) is 17.5 Å². The van der Waals surface area contributed by atoms with E-state index in [9.17, 15) is 9.90 Å². The summed E-state index contributed by atoms with van der Waals surface area (Å²) in [6.07, 6.45) is -0.361. The maximum Gasteiger partial charge on any atom is 0.268 e. The first-order chi connectivity index (χ1) is 11.0. The number of aryl methyl sites for hydroxylation is 1. The van der Waals surface area contributed by atoms with Gasteiger partial charge >= 0.3 is 0 Å². The van der Waals surface area contributed by atoms with Crippen molar-refractivity contribution >= 4 is 28.9 Å². The number of phenols is 1. The van der Waals surface area contributed by atoms with E-state index in [2.05, 4.69) is 10.5 Å². The molecule has 3 rings (SSSR count). The van der Waals surface area contributed by atoms with E-state index in [0.29, 0.717) is 22.8 Å². The number of nitrogens with zero attached hydrogens (tertiary/aromatic N) is 1. The van der Waals surface area contributed by atoms with Crippen molar-refractivity contribution in [1.29, 1.82) is 0 Å². The zero-order valence-electron chi connectivity index (χ0n) is 12.4. The summed E-state index contributed by atoms with van der Waals surface area (Å²) in [6, 6.07) is 12.2. The van der Waals surface area contributed by atoms with Crippen LogP contribution in [0.2, 0.25) is 5.02 Å². The molecular weight excluding hydrogens is 316 g/mol. The molecule has 0 bridgehead atoms. The van der Waals surface area contributed by atoms with Gasteiger partial charge in [-0.05, 0) is 42.3 Å². The summed E-state index contributed by atoms with van der Waals surface area (Å²) < 4.78 is 0. The molecule has 2 aromatic rings. The Morgan fingerprint density at radius 2 is 2.04 bits per heavy atom. The second kappa shape index (κ2) is 6.30. The molecule has 5 nitrogen and oxygen atoms in total. The summed E-state index contributed by atoms with van der Waals surface area (Å²) in [5, 5.41) is 17.1. The van der Waals surface area contributed by atoms with Gasteiger partial charge in [-0.15, -0.1) is 0 Å². The minimum atomic E-state index is -0.722. The number of oxime groups is 1. The molecular formula is C17H15ClN2O3. The monoisotopic (exact) mass is 330 g/mol. The van der Waals surface area contributed by atoms with Crippen LogP contribution in [0.25, 0.3) is 0 Å². The van der Waals surface area contributed by atoms with Crippen LogP contribution in [-0.4, -0.2) is 22.8 Å². The molecule has 2 N–H and O–H groups in total. The van der Waals surface area contributed by atoms with Gasteiger partial charge in [0.25, 0.3) is 5.91 Å². The van der Waals surface area contributed by atoms with Crippen LogP contribution in [-0.2, 0) is 9.63 Å². The molecule has 1 amide bonds. The minimum absolute atomic E-state index is 0.0146. The predicted octanol–water partition coefficient (Wildman–Crippen LogP) is 3.49. The molecule has 2 aromatic carbocycles. The van der Waals surface area contributed by atoms with Crippen LogP contribution in [0, 0.1) is 6.92 Å². The molecule has 6 heteroatoms. The van der Waals surface area contributed by atoms with Crippen LogP contribution in [0.3, 0.4) is 0 Å². The molecule has 1 aliphatic rings. The van der Waals surface area contributed by atoms with E-state index in [-0.39, 0.29) is 11.7 Å². The minimum Gasteiger partial charge on any atom is -0.506 e. The lowest BCUT2D eigenvalue weighted by Crippen LogP contribution is -2.28. The van der Waals surface area contributed by atoms with Crippen LogP contribution in [0.5, 0.6) is 5.75 Å². The van der Waals surface area contributed by atoms with Gasteiger partial charge in [0, 0.05) is 11.4 Å². The summed E-state index contributed by atoms with van der Waals surface area (Å²) in [5.41, 5.74) is 2.85. The van der Waals surface area contributed by atoms with Crippen LogP contribution < -0.4 is 5.32 Å². The number of carbonyl (C=O) groups excluding carboxylic acids is 1. The van der Waals surface area contributed by atoms with Gasteiger partial charge in [-0.2, -0.15) is 0 Å². The molecule has 0 radical (unpaired) electrons. The summed E-state index contributed by atoms with van der Waals surface area (Å²) >= 11 is 5.86. The van der Waals surface area contributed by atoms with Crippen molar-refractivity contribution < 1.29 is 14.7 Å². The number of benzene rings is 2. The standard InChI is InChI=1S/C17H15ClN2O3/c1-10-2-7-15(21)14(8-10)19-17(22)16-9-13(20-23-16)11-3-5-12(18)6-4-11/h2-8,16,21H,9H2,1H3,(H,19,22)/t16-/m0/s1. The van der Waals surface area contributed by atoms with E-state index < -0.39 is 6.10 Å². The Labute approximate surface area is 138 Å². The molecule has 23 heavy (non-hydrogen) atoms. The number of halogens is 1. The van der Waals surface area contributed by atoms with E-state index in [4.69, 9.17) is 16.4 Å². The molecule has 1 aliphatic heterocycles. The highest BCUT2D eigenvalue weighted by Gasteiger charge is 2.29. The highest BCUT2D eigenvalue weighted by Crippen LogP contribution is 2.25. The molecule has 0 saturated heterocycles. The zero-order chi connectivity index (χ0) is 16.4. The lowest BCUT2D eigenvalue weighted by molar-refractivity contribution is -0.125. The summed E-state index contributed by atoms with van der Waals surface area (Å²) in [7, 11) is 0. The van der Waals surface area contributed by atoms with Crippen molar-refractivity contribution in [3.63, 3.8) is 0 Å². The van der Waals surface area contributed by atoms with Crippen LogP contribution in [0.4, 0.5) is 5.69 Å². The van der Waals surface area contributed by atoms with Gasteiger partial charge in [-0.25, -0.2) is 0 Å². The second-order valence-electron chi connectivity index (χ2n) is 5.35. The second-order valence-corrected chi connectivity index (χ2v) is 5.79. The van der Waals surface area contributed by atoms with E-state index >= 15 is 0 Å². The van der Waals surface area contributed by atoms with Crippen molar-refractivity contribution in [1.82, 2.24) is 0 Å². The zero-order valence-corrected chi connectivity index (χ0v) is 13.2. The van der Waals surface area contributed by atoms with Gasteiger partial charge in [0.15, 0.2) is 0 Å². The van der Waals surface area contributed by atoms with E-state index in [1.807, 2.05) is 19.1 Å². The summed E-state index contributed by atoms with van der Waals surface area (Å²) in [4.78, 5) is 17.5. The lowest BCUT2D eigenvalue weighted by atomic mass is 10.0. The maximum atomic E-state index is 12.3. The van der Waals surface area contributed by atoms with Gasteiger partial charge in [0.05, 0.1) is 11.4 Å². The first kappa shape index (κ1) is 15.4. The van der Waals surface area contributed by atoms with E-state index in [1.165, 1.54) is 6.07 Å². The molecule has 0 spiro atoms. The number of amides is 1. The Morgan fingerprint density at radius 3 is 2.78 bits per heavy atom. The first-order valence-corrected chi connectivity index (χ1v) is 7.50. The highest BCUT2D eigenvalue weighted by molar-refractivity contribution is 6.30. The first-order valence-electron chi connectivity index (χ1n) is 7.12. The number of phenolic OH excluding ortho intramolecular Hbond substituents is 1. The molecule has 118 valence electrons. The third-order valence-electron chi connectivity index (χ3n) is 3.55. The Kier molecular flexibility index (Phi) is 4.21. The molecule has 1 atom stereocenters. The van der Waals surface area contributed by atoms with Crippen molar-refractivity contribution in [2.45, 2.75) is 19.4 Å². The van der Waals surface area contributed by atoms with Crippen molar-refractivity contribution in [3.8, 4) is 5.75 Å². The predicted molar refractivity (Wildman–Crippen MR) is 89.0 cm³/mol. The fraction of sp³-hybridized carbons (Fsp3) is 0.176. The smallest absolute Gasteiger partial charge is 0.268 e. The number of nitrogens with one attached hydrogen (secondary N) is 1. The van der Waals surface area contributed by atoms with Crippen molar-refractivity contribution in [2.75, 3.05) is 5.32 Å². The molecule has 1 heterocycles. The van der Waals surface area contributed by atoms with Crippen LogP contribution >= 0.6 is 11.6 Å². The fourth-order valence-corrected chi connectivity index (χ4v) is 2.42. The summed E-state index contributed by atoms with van der Waals surface area (Å²) in [6.45, 7) is 1.88. The summed E-state index contributed by atoms with van der Waals surface area (Å²) in [5.74, 6) is -0.334. The number of carbonyl (C=O) groups is 1. The lowest BCUT2D eigenvalue weighted by Gasteiger charge is -2.11. The van der Waals surface area contributed by atoms with E-state index in [1.54, 1.807) is 24.3 Å². The van der Waals surface area contributed by atoms with Gasteiger partial charge in [0.1, 0.15) is 5.75 Å². The fourth-order valence-electron chi connectivity index (χ4n) is 2.29. The van der Waals surface area contributed by atoms with Crippen LogP contribution in [0.15, 0.2) is 47.6 Å². The highest BCUT2D eigenvalue weighted by atomic mass is 35.5. The van der Waals surface area contributed by atoms with Gasteiger partial charge in [-0.3, -0.25) is 4.79 Å². The number of hydrogen-bond acceptors (Lipinski definition) is 4. The number of aromatic hydroxyl groups is 1. The Morgan fingerprint density at radius 1 is 1.30 bits per heavy atom. The maximum absolute atomic E-state index is 12.3. The number of rotatable bonds is 3. The SMILES string of the molecule is Cc1ccc(O)c(NC(=O)[C@@H]2CC(c3ccc(Cl)cc3)=NO2)c1. The molecule has 0 saturated carbocycles. The Balaban J connectivity index is 1.66.